The van der Waals surface area contributed by atoms with Gasteiger partial charge in [0.05, 0.1) is 5.75 Å². The lowest BCUT2D eigenvalue weighted by molar-refractivity contribution is -0.130. The molecule has 186 valence electrons. The van der Waals surface area contributed by atoms with Gasteiger partial charge in [0.2, 0.25) is 5.91 Å². The lowest BCUT2D eigenvalue weighted by Crippen LogP contribution is -2.52. The zero-order valence-corrected chi connectivity index (χ0v) is 21.9. The zero-order chi connectivity index (χ0) is 24.9. The fourth-order valence-electron chi connectivity index (χ4n) is 3.78. The standard InChI is InChI=1S/C24H36N6O3S/c1-7-28(8-2)19-11-9-18(10-12-19)21-25-26-22(27(21)6)34-17-20(31)29-13-15-30(16-14-29)23(32)33-24(3,4)5/h9-12H,7-8,13-17H2,1-6H3. The highest BCUT2D eigenvalue weighted by Gasteiger charge is 2.28. The van der Waals surface area contributed by atoms with Gasteiger partial charge in [-0.25, -0.2) is 4.79 Å². The molecule has 0 saturated carbocycles. The van der Waals surface area contributed by atoms with Crippen molar-refractivity contribution in [3.8, 4) is 11.4 Å². The Morgan fingerprint density at radius 1 is 1.00 bits per heavy atom. The SMILES string of the molecule is CCN(CC)c1ccc(-c2nnc(SCC(=O)N3CCN(C(=O)OC(C)(C)C)CC3)n2C)cc1. The molecule has 9 nitrogen and oxygen atoms in total. The Bertz CT molecular complexity index is 974. The second-order valence-corrected chi connectivity index (χ2v) is 10.2. The number of hydrogen-bond acceptors (Lipinski definition) is 7. The first-order chi connectivity index (χ1) is 16.1. The van der Waals surface area contributed by atoms with E-state index in [4.69, 9.17) is 4.74 Å². The highest BCUT2D eigenvalue weighted by molar-refractivity contribution is 7.99. The minimum Gasteiger partial charge on any atom is -0.444 e. The minimum atomic E-state index is -0.525. The van der Waals surface area contributed by atoms with Crippen LogP contribution in [-0.2, 0) is 16.6 Å². The number of nitrogens with zero attached hydrogens (tertiary/aromatic N) is 6. The van der Waals surface area contributed by atoms with Gasteiger partial charge in [-0.1, -0.05) is 11.8 Å². The fraction of sp³-hybridized carbons (Fsp3) is 0.583. The number of carbonyl (C=O) groups excluding carboxylic acids is 2. The molecule has 3 rings (SSSR count). The number of ether oxygens (including phenoxy) is 1. The van der Waals surface area contributed by atoms with E-state index in [1.54, 1.807) is 9.80 Å². The van der Waals surface area contributed by atoms with Crippen molar-refractivity contribution in [3.05, 3.63) is 24.3 Å². The Labute approximate surface area is 206 Å². The lowest BCUT2D eigenvalue weighted by Gasteiger charge is -2.35. The normalized spacial score (nSPS) is 14.3. The van der Waals surface area contributed by atoms with Crippen LogP contribution in [0.15, 0.2) is 29.4 Å². The molecular formula is C24H36N6O3S. The maximum atomic E-state index is 12.7. The van der Waals surface area contributed by atoms with E-state index >= 15 is 0 Å². The predicted octanol–water partition coefficient (Wildman–Crippen LogP) is 3.50. The van der Waals surface area contributed by atoms with E-state index in [0.29, 0.717) is 31.3 Å². The molecule has 0 N–H and O–H groups in total. The first-order valence-electron chi connectivity index (χ1n) is 11.8. The third-order valence-corrected chi connectivity index (χ3v) is 6.70. The summed E-state index contributed by atoms with van der Waals surface area (Å²) in [6.45, 7) is 13.7. The summed E-state index contributed by atoms with van der Waals surface area (Å²) in [6.07, 6.45) is -0.328. The van der Waals surface area contributed by atoms with E-state index in [1.807, 2.05) is 32.4 Å². The van der Waals surface area contributed by atoms with E-state index in [2.05, 4.69) is 53.2 Å². The number of amides is 2. The molecule has 0 spiro atoms. The molecule has 2 amide bonds. The Kier molecular flexibility index (Phi) is 8.46. The summed E-state index contributed by atoms with van der Waals surface area (Å²) in [5.74, 6) is 1.08. The van der Waals surface area contributed by atoms with Crippen LogP contribution in [0.5, 0.6) is 0 Å². The fourth-order valence-corrected chi connectivity index (χ4v) is 4.60. The number of carbonyl (C=O) groups is 2. The van der Waals surface area contributed by atoms with Crippen molar-refractivity contribution in [2.45, 2.75) is 45.4 Å². The Morgan fingerprint density at radius 3 is 2.15 bits per heavy atom. The summed E-state index contributed by atoms with van der Waals surface area (Å²) in [7, 11) is 1.92. The molecule has 0 radical (unpaired) electrons. The monoisotopic (exact) mass is 488 g/mol. The van der Waals surface area contributed by atoms with Gasteiger partial charge >= 0.3 is 6.09 Å². The highest BCUT2D eigenvalue weighted by Crippen LogP contribution is 2.25. The van der Waals surface area contributed by atoms with Gasteiger partial charge in [-0.15, -0.1) is 10.2 Å². The molecule has 0 bridgehead atoms. The van der Waals surface area contributed by atoms with Crippen LogP contribution < -0.4 is 4.90 Å². The first kappa shape index (κ1) is 25.9. The van der Waals surface area contributed by atoms with Crippen molar-refractivity contribution >= 4 is 29.4 Å². The maximum Gasteiger partial charge on any atom is 0.410 e. The first-order valence-corrected chi connectivity index (χ1v) is 12.7. The van der Waals surface area contributed by atoms with Crippen LogP contribution in [0.4, 0.5) is 10.5 Å². The molecule has 34 heavy (non-hydrogen) atoms. The number of rotatable bonds is 7. The van der Waals surface area contributed by atoms with Crippen LogP contribution >= 0.6 is 11.8 Å². The molecular weight excluding hydrogens is 452 g/mol. The maximum absolute atomic E-state index is 12.7. The second-order valence-electron chi connectivity index (χ2n) is 9.22. The van der Waals surface area contributed by atoms with Gasteiger partial charge in [-0.05, 0) is 58.9 Å². The molecule has 10 heteroatoms. The van der Waals surface area contributed by atoms with Gasteiger partial charge in [0.15, 0.2) is 11.0 Å². The molecule has 1 aliphatic heterocycles. The van der Waals surface area contributed by atoms with Crippen molar-refractivity contribution < 1.29 is 14.3 Å². The number of anilines is 1. The summed E-state index contributed by atoms with van der Waals surface area (Å²) >= 11 is 1.38. The summed E-state index contributed by atoms with van der Waals surface area (Å²) in [5, 5.41) is 9.34. The quantitative estimate of drug-likeness (QED) is 0.552. The van der Waals surface area contributed by atoms with Crippen LogP contribution in [0.25, 0.3) is 11.4 Å². The van der Waals surface area contributed by atoms with Crippen LogP contribution in [-0.4, -0.2) is 87.2 Å². The number of thioether (sulfide) groups is 1. The third-order valence-electron chi connectivity index (χ3n) is 5.70. The highest BCUT2D eigenvalue weighted by atomic mass is 32.2. The van der Waals surface area contributed by atoms with Crippen molar-refractivity contribution in [1.29, 1.82) is 0 Å². The van der Waals surface area contributed by atoms with Crippen molar-refractivity contribution in [3.63, 3.8) is 0 Å². The van der Waals surface area contributed by atoms with E-state index in [-0.39, 0.29) is 17.8 Å². The Morgan fingerprint density at radius 2 is 1.59 bits per heavy atom. The van der Waals surface area contributed by atoms with E-state index < -0.39 is 5.60 Å². The second kappa shape index (κ2) is 11.1. The Hall–Kier alpha value is -2.75. The topological polar surface area (TPSA) is 83.8 Å². The number of piperazine rings is 1. The molecule has 0 unspecified atom stereocenters. The van der Waals surface area contributed by atoms with Crippen LogP contribution in [0.3, 0.4) is 0 Å². The molecule has 1 aliphatic rings. The minimum absolute atomic E-state index is 0.0296. The van der Waals surface area contributed by atoms with E-state index in [1.165, 1.54) is 17.4 Å². The molecule has 0 atom stereocenters. The van der Waals surface area contributed by atoms with Gasteiger partial charge in [0, 0.05) is 57.6 Å². The summed E-state index contributed by atoms with van der Waals surface area (Å²) in [4.78, 5) is 30.7. The average molecular weight is 489 g/mol. The molecule has 1 fully saturated rings. The number of benzene rings is 1. The van der Waals surface area contributed by atoms with Crippen LogP contribution in [0, 0.1) is 0 Å². The van der Waals surface area contributed by atoms with Gasteiger partial charge in [-0.3, -0.25) is 4.79 Å². The molecule has 1 aromatic carbocycles. The number of hydrogen-bond donors (Lipinski definition) is 0. The molecule has 0 aliphatic carbocycles. The largest absolute Gasteiger partial charge is 0.444 e. The zero-order valence-electron chi connectivity index (χ0n) is 21.1. The summed E-state index contributed by atoms with van der Waals surface area (Å²) < 4.78 is 7.34. The molecule has 1 aromatic heterocycles. The Balaban J connectivity index is 1.53. The smallest absolute Gasteiger partial charge is 0.410 e. The van der Waals surface area contributed by atoms with Gasteiger partial charge < -0.3 is 24.0 Å². The third kappa shape index (κ3) is 6.43. The van der Waals surface area contributed by atoms with Gasteiger partial charge in [0.1, 0.15) is 5.60 Å². The predicted molar refractivity (Wildman–Crippen MR) is 135 cm³/mol. The molecule has 2 aromatic rings. The average Bonchev–Trinajstić information content (AvgIpc) is 3.18. The van der Waals surface area contributed by atoms with E-state index in [9.17, 15) is 9.59 Å². The van der Waals surface area contributed by atoms with Crippen molar-refractivity contribution in [1.82, 2.24) is 24.6 Å². The van der Waals surface area contributed by atoms with Crippen LogP contribution in [0.2, 0.25) is 0 Å². The van der Waals surface area contributed by atoms with Gasteiger partial charge in [-0.2, -0.15) is 0 Å². The lowest BCUT2D eigenvalue weighted by atomic mass is 10.2. The van der Waals surface area contributed by atoms with Crippen LogP contribution in [0.1, 0.15) is 34.6 Å². The van der Waals surface area contributed by atoms with Crippen molar-refractivity contribution in [2.75, 3.05) is 49.9 Å². The molecule has 1 saturated heterocycles. The molecule has 2 heterocycles. The summed E-state index contributed by atoms with van der Waals surface area (Å²) in [6, 6.07) is 8.32. The number of aromatic nitrogens is 3. The summed E-state index contributed by atoms with van der Waals surface area (Å²) in [5.41, 5.74) is 1.65. The van der Waals surface area contributed by atoms with Gasteiger partial charge in [0.25, 0.3) is 0 Å². The van der Waals surface area contributed by atoms with E-state index in [0.717, 1.165) is 24.5 Å². The van der Waals surface area contributed by atoms with Crippen molar-refractivity contribution in [2.24, 2.45) is 7.05 Å².